The van der Waals surface area contributed by atoms with Crippen molar-refractivity contribution < 1.29 is 14.6 Å². The van der Waals surface area contributed by atoms with Gasteiger partial charge in [-0.15, -0.1) is 0 Å². The van der Waals surface area contributed by atoms with E-state index < -0.39 is 6.10 Å². The Labute approximate surface area is 133 Å². The molecular weight excluding hydrogens is 280 g/mol. The summed E-state index contributed by atoms with van der Waals surface area (Å²) >= 11 is 0. The van der Waals surface area contributed by atoms with Crippen molar-refractivity contribution in [1.29, 1.82) is 0 Å². The first-order valence-corrected chi connectivity index (χ1v) is 8.12. The van der Waals surface area contributed by atoms with Crippen molar-refractivity contribution in [3.8, 4) is 11.5 Å². The van der Waals surface area contributed by atoms with Crippen LogP contribution >= 0.6 is 0 Å². The van der Waals surface area contributed by atoms with Crippen molar-refractivity contribution >= 4 is 0 Å². The van der Waals surface area contributed by atoms with Gasteiger partial charge in [-0.1, -0.05) is 19.9 Å². The van der Waals surface area contributed by atoms with Crippen LogP contribution in [-0.4, -0.2) is 38.0 Å². The maximum absolute atomic E-state index is 10.5. The number of nitrogens with two attached hydrogens (primary N) is 1. The highest BCUT2D eigenvalue weighted by Crippen LogP contribution is 2.32. The largest absolute Gasteiger partial charge is 0.490 e. The van der Waals surface area contributed by atoms with Crippen molar-refractivity contribution in [2.24, 2.45) is 5.73 Å². The molecule has 0 aliphatic heterocycles. The number of rotatable bonds is 11. The summed E-state index contributed by atoms with van der Waals surface area (Å²) in [5.41, 5.74) is 6.41. The summed E-state index contributed by atoms with van der Waals surface area (Å²) in [4.78, 5) is 0. The highest BCUT2D eigenvalue weighted by atomic mass is 16.5. The van der Waals surface area contributed by atoms with Gasteiger partial charge in [0.25, 0.3) is 0 Å². The first-order valence-electron chi connectivity index (χ1n) is 8.12. The van der Waals surface area contributed by atoms with Crippen LogP contribution in [0.25, 0.3) is 0 Å². The van der Waals surface area contributed by atoms with Crippen LogP contribution in [0, 0.1) is 0 Å². The Hall–Kier alpha value is -1.30. The molecule has 0 bridgehead atoms. The van der Waals surface area contributed by atoms with Crippen LogP contribution in [0.3, 0.4) is 0 Å². The van der Waals surface area contributed by atoms with Gasteiger partial charge >= 0.3 is 0 Å². The molecule has 0 fully saturated rings. The van der Waals surface area contributed by atoms with Crippen LogP contribution in [-0.2, 0) is 0 Å². The van der Waals surface area contributed by atoms with Gasteiger partial charge < -0.3 is 25.6 Å². The second-order valence-corrected chi connectivity index (χ2v) is 5.32. The Morgan fingerprint density at radius 3 is 2.32 bits per heavy atom. The molecule has 0 aromatic heterocycles. The molecular formula is C17H30N2O3. The number of nitrogens with one attached hydrogen (secondary N) is 1. The van der Waals surface area contributed by atoms with Crippen LogP contribution < -0.4 is 20.5 Å². The van der Waals surface area contributed by atoms with E-state index in [-0.39, 0.29) is 6.04 Å². The summed E-state index contributed by atoms with van der Waals surface area (Å²) < 4.78 is 11.5. The van der Waals surface area contributed by atoms with E-state index in [0.29, 0.717) is 31.9 Å². The normalized spacial score (nSPS) is 13.7. The van der Waals surface area contributed by atoms with E-state index in [9.17, 15) is 5.11 Å². The predicted octanol–water partition coefficient (Wildman–Crippen LogP) is 2.23. The molecule has 0 spiro atoms. The lowest BCUT2D eigenvalue weighted by Gasteiger charge is -2.23. The number of aliphatic hydroxyl groups is 1. The van der Waals surface area contributed by atoms with Gasteiger partial charge in [0.2, 0.25) is 0 Å². The van der Waals surface area contributed by atoms with Crippen molar-refractivity contribution in [3.05, 3.63) is 23.8 Å². The third-order valence-electron chi connectivity index (χ3n) is 3.46. The standard InChI is InChI=1S/C17H30N2O3/c1-4-10-21-15-7-6-13(12-16(15)22-11-5-2)17(20)14(19-3)8-9-18/h6-7,12,14,17,19-20H,4-5,8-11,18H2,1-3H3. The van der Waals surface area contributed by atoms with Gasteiger partial charge in [0, 0.05) is 6.04 Å². The van der Waals surface area contributed by atoms with Gasteiger partial charge in [-0.25, -0.2) is 0 Å². The molecule has 22 heavy (non-hydrogen) atoms. The van der Waals surface area contributed by atoms with E-state index in [0.717, 1.165) is 24.2 Å². The van der Waals surface area contributed by atoms with Crippen LogP contribution in [0.1, 0.15) is 44.8 Å². The SMILES string of the molecule is CCCOc1ccc(C(O)C(CCN)NC)cc1OCCC. The Morgan fingerprint density at radius 2 is 1.77 bits per heavy atom. The fraction of sp³-hybridized carbons (Fsp3) is 0.647. The van der Waals surface area contributed by atoms with Gasteiger partial charge in [-0.3, -0.25) is 0 Å². The van der Waals surface area contributed by atoms with Gasteiger partial charge in [0.15, 0.2) is 11.5 Å². The Morgan fingerprint density at radius 1 is 1.14 bits per heavy atom. The average Bonchev–Trinajstić information content (AvgIpc) is 2.55. The van der Waals surface area contributed by atoms with E-state index in [1.165, 1.54) is 0 Å². The molecule has 5 nitrogen and oxygen atoms in total. The van der Waals surface area contributed by atoms with Crippen LogP contribution in [0.5, 0.6) is 11.5 Å². The van der Waals surface area contributed by atoms with Crippen molar-refractivity contribution in [1.82, 2.24) is 5.32 Å². The number of ether oxygens (including phenoxy) is 2. The quantitative estimate of drug-likeness (QED) is 0.584. The fourth-order valence-corrected chi connectivity index (χ4v) is 2.24. The molecule has 0 radical (unpaired) electrons. The lowest BCUT2D eigenvalue weighted by molar-refractivity contribution is 0.128. The predicted molar refractivity (Wildman–Crippen MR) is 89.5 cm³/mol. The zero-order valence-electron chi connectivity index (χ0n) is 14.0. The average molecular weight is 310 g/mol. The lowest BCUT2D eigenvalue weighted by Crippen LogP contribution is -2.34. The maximum atomic E-state index is 10.5. The summed E-state index contributed by atoms with van der Waals surface area (Å²) in [5, 5.41) is 13.6. The van der Waals surface area contributed by atoms with Crippen molar-refractivity contribution in [2.75, 3.05) is 26.8 Å². The zero-order valence-corrected chi connectivity index (χ0v) is 14.0. The summed E-state index contributed by atoms with van der Waals surface area (Å²) in [5.74, 6) is 1.42. The van der Waals surface area contributed by atoms with Crippen LogP contribution in [0.15, 0.2) is 18.2 Å². The third-order valence-corrected chi connectivity index (χ3v) is 3.46. The number of hydrogen-bond donors (Lipinski definition) is 3. The molecule has 1 aromatic rings. The number of likely N-dealkylation sites (N-methyl/N-ethyl adjacent to an activating group) is 1. The van der Waals surface area contributed by atoms with Gasteiger partial charge in [-0.05, 0) is 50.6 Å². The third kappa shape index (κ3) is 5.48. The molecule has 0 amide bonds. The molecule has 1 rings (SSSR count). The van der Waals surface area contributed by atoms with E-state index in [1.807, 2.05) is 25.2 Å². The van der Waals surface area contributed by atoms with E-state index in [2.05, 4.69) is 19.2 Å². The van der Waals surface area contributed by atoms with Gasteiger partial charge in [-0.2, -0.15) is 0 Å². The Kier molecular flexibility index (Phi) is 8.89. The molecule has 0 aliphatic rings. The topological polar surface area (TPSA) is 76.7 Å². The molecule has 2 atom stereocenters. The monoisotopic (exact) mass is 310 g/mol. The molecule has 4 N–H and O–H groups in total. The fourth-order valence-electron chi connectivity index (χ4n) is 2.24. The number of hydrogen-bond acceptors (Lipinski definition) is 5. The smallest absolute Gasteiger partial charge is 0.161 e. The molecule has 0 saturated heterocycles. The van der Waals surface area contributed by atoms with Gasteiger partial charge in [0.05, 0.1) is 19.3 Å². The maximum Gasteiger partial charge on any atom is 0.161 e. The molecule has 0 aliphatic carbocycles. The van der Waals surface area contributed by atoms with E-state index >= 15 is 0 Å². The summed E-state index contributed by atoms with van der Waals surface area (Å²) in [6.07, 6.45) is 1.94. The minimum absolute atomic E-state index is 0.0774. The second-order valence-electron chi connectivity index (χ2n) is 5.32. The lowest BCUT2D eigenvalue weighted by atomic mass is 9.99. The highest BCUT2D eigenvalue weighted by molar-refractivity contribution is 5.44. The first kappa shape index (κ1) is 18.7. The minimum atomic E-state index is -0.627. The van der Waals surface area contributed by atoms with Crippen molar-refractivity contribution in [2.45, 2.75) is 45.3 Å². The van der Waals surface area contributed by atoms with Crippen molar-refractivity contribution in [3.63, 3.8) is 0 Å². The second kappa shape index (κ2) is 10.4. The van der Waals surface area contributed by atoms with Crippen LogP contribution in [0.2, 0.25) is 0 Å². The van der Waals surface area contributed by atoms with Crippen LogP contribution in [0.4, 0.5) is 0 Å². The van der Waals surface area contributed by atoms with E-state index in [1.54, 1.807) is 0 Å². The first-order chi connectivity index (χ1) is 10.7. The minimum Gasteiger partial charge on any atom is -0.490 e. The van der Waals surface area contributed by atoms with E-state index in [4.69, 9.17) is 15.2 Å². The van der Waals surface area contributed by atoms with Gasteiger partial charge in [0.1, 0.15) is 0 Å². The molecule has 5 heteroatoms. The molecule has 0 heterocycles. The number of benzene rings is 1. The zero-order chi connectivity index (χ0) is 16.4. The Balaban J connectivity index is 2.95. The highest BCUT2D eigenvalue weighted by Gasteiger charge is 2.20. The summed E-state index contributed by atoms with van der Waals surface area (Å²) in [6, 6.07) is 5.54. The molecule has 2 unspecified atom stereocenters. The Bertz CT molecular complexity index is 426. The number of aliphatic hydroxyl groups excluding tert-OH is 1. The summed E-state index contributed by atoms with van der Waals surface area (Å²) in [6.45, 7) is 5.93. The summed E-state index contributed by atoms with van der Waals surface area (Å²) in [7, 11) is 1.83. The molecule has 126 valence electrons. The molecule has 1 aromatic carbocycles. The molecule has 0 saturated carbocycles.